The minimum absolute atomic E-state index is 0.0370. The molecule has 0 heterocycles. The molecule has 0 saturated carbocycles. The van der Waals surface area contributed by atoms with Crippen LogP contribution in [0.25, 0.3) is 0 Å². The second kappa shape index (κ2) is 3.34. The van der Waals surface area contributed by atoms with Crippen LogP contribution in [-0.4, -0.2) is 11.1 Å². The fraction of sp³-hybridized carbons (Fsp3) is 0.500. The number of carbonyl (C=O) groups is 1. The first-order valence-electron chi connectivity index (χ1n) is 1.59. The average molecular weight is 149 g/mol. The Kier molecular flexibility index (Phi) is 3.43. The molecule has 0 fully saturated rings. The molecule has 0 aliphatic rings. The third-order valence-corrected chi connectivity index (χ3v) is 1.00. The molecule has 0 N–H and O–H groups in total. The van der Waals surface area contributed by atoms with Crippen molar-refractivity contribution in [3.63, 3.8) is 0 Å². The Morgan fingerprint density at radius 1 is 1.83 bits per heavy atom. The first kappa shape index (κ1) is 6.15. The Morgan fingerprint density at radius 3 is 2.33 bits per heavy atom. The van der Waals surface area contributed by atoms with Crippen LogP contribution >= 0.6 is 15.9 Å². The normalized spacial score (nSPS) is 8.33. The van der Waals surface area contributed by atoms with Crippen molar-refractivity contribution in [2.75, 3.05) is 5.33 Å². The molecule has 0 spiro atoms. The van der Waals surface area contributed by atoms with E-state index in [0.29, 0.717) is 5.33 Å². The van der Waals surface area contributed by atoms with Crippen LogP contribution in [0.3, 0.4) is 0 Å². The van der Waals surface area contributed by atoms with E-state index in [2.05, 4.69) is 15.9 Å². The van der Waals surface area contributed by atoms with Crippen LogP contribution in [0.1, 0.15) is 6.42 Å². The van der Waals surface area contributed by atoms with Crippen LogP contribution in [0, 0.1) is 6.92 Å². The fourth-order valence-electron chi connectivity index (χ4n) is 0.0546. The summed E-state index contributed by atoms with van der Waals surface area (Å²) in [5, 5.41) is 0.378. The zero-order chi connectivity index (χ0) is 4.99. The maximum absolute atomic E-state index is 10.0. The van der Waals surface area contributed by atoms with E-state index in [0.717, 1.165) is 0 Å². The summed E-state index contributed by atoms with van der Waals surface area (Å²) in [4.78, 5) is 10.0. The van der Waals surface area contributed by atoms with Gasteiger partial charge in [0.25, 0.3) is 0 Å². The minimum Gasteiger partial charge on any atom is -0.299 e. The van der Waals surface area contributed by atoms with Gasteiger partial charge < -0.3 is 0 Å². The summed E-state index contributed by atoms with van der Waals surface area (Å²) in [6.45, 7) is 4.90. The Bertz CT molecular complexity index is 45.5. The molecule has 0 unspecified atom stereocenters. The van der Waals surface area contributed by atoms with Crippen molar-refractivity contribution in [2.24, 2.45) is 0 Å². The number of hydrogen-bond donors (Lipinski definition) is 0. The van der Waals surface area contributed by atoms with E-state index < -0.39 is 0 Å². The molecular formula is C4H5BrO. The number of carbonyl (C=O) groups excluding carboxylic acids is 1. The summed E-state index contributed by atoms with van der Waals surface area (Å²) in [6.07, 6.45) is 0.144. The predicted octanol–water partition coefficient (Wildman–Crippen LogP) is 1.05. The van der Waals surface area contributed by atoms with E-state index in [1.807, 2.05) is 0 Å². The van der Waals surface area contributed by atoms with Gasteiger partial charge in [-0.2, -0.15) is 0 Å². The highest BCUT2D eigenvalue weighted by atomic mass is 79.9. The second-order valence-corrected chi connectivity index (χ2v) is 1.44. The van der Waals surface area contributed by atoms with Crippen molar-refractivity contribution in [1.82, 2.24) is 0 Å². The lowest BCUT2D eigenvalue weighted by molar-refractivity contribution is -0.115. The first-order chi connectivity index (χ1) is 2.81. The largest absolute Gasteiger partial charge is 0.299 e. The Morgan fingerprint density at radius 2 is 2.33 bits per heavy atom. The predicted molar refractivity (Wildman–Crippen MR) is 27.7 cm³/mol. The van der Waals surface area contributed by atoms with Crippen molar-refractivity contribution in [2.45, 2.75) is 6.42 Å². The molecule has 6 heavy (non-hydrogen) atoms. The van der Waals surface area contributed by atoms with Gasteiger partial charge in [-0.05, 0) is 6.92 Å². The van der Waals surface area contributed by atoms with Gasteiger partial charge in [-0.25, -0.2) is 0 Å². The van der Waals surface area contributed by atoms with E-state index >= 15 is 0 Å². The summed E-state index contributed by atoms with van der Waals surface area (Å²) in [6, 6.07) is 0. The first-order valence-corrected chi connectivity index (χ1v) is 2.71. The molecule has 1 nitrogen and oxygen atoms in total. The van der Waals surface area contributed by atoms with Crippen LogP contribution in [-0.2, 0) is 4.79 Å². The van der Waals surface area contributed by atoms with E-state index in [1.54, 1.807) is 0 Å². The SMILES string of the molecule is [CH]CC(=O)CBr. The van der Waals surface area contributed by atoms with Crippen molar-refractivity contribution in [3.05, 3.63) is 6.92 Å². The molecule has 0 aliphatic heterocycles. The monoisotopic (exact) mass is 148 g/mol. The Hall–Kier alpha value is 0.150. The lowest BCUT2D eigenvalue weighted by Gasteiger charge is -1.79. The van der Waals surface area contributed by atoms with Crippen molar-refractivity contribution in [3.8, 4) is 0 Å². The third kappa shape index (κ3) is 2.39. The van der Waals surface area contributed by atoms with E-state index in [1.165, 1.54) is 0 Å². The smallest absolute Gasteiger partial charge is 0.143 e. The van der Waals surface area contributed by atoms with Crippen LogP contribution in [0.15, 0.2) is 0 Å². The topological polar surface area (TPSA) is 17.1 Å². The Labute approximate surface area is 45.9 Å². The van der Waals surface area contributed by atoms with Crippen LogP contribution in [0.4, 0.5) is 0 Å². The van der Waals surface area contributed by atoms with Crippen LogP contribution in [0.5, 0.6) is 0 Å². The molecule has 34 valence electrons. The van der Waals surface area contributed by atoms with Gasteiger partial charge in [0.05, 0.1) is 5.33 Å². The lowest BCUT2D eigenvalue weighted by Crippen LogP contribution is -1.93. The van der Waals surface area contributed by atoms with E-state index in [9.17, 15) is 4.79 Å². The molecule has 0 aromatic rings. The second-order valence-electron chi connectivity index (χ2n) is 0.876. The number of alkyl halides is 1. The summed E-state index contributed by atoms with van der Waals surface area (Å²) in [7, 11) is 0. The minimum atomic E-state index is 0.0370. The lowest BCUT2D eigenvalue weighted by atomic mass is 10.4. The van der Waals surface area contributed by atoms with Gasteiger partial charge in [-0.15, -0.1) is 0 Å². The van der Waals surface area contributed by atoms with Gasteiger partial charge in [-0.1, -0.05) is 15.9 Å². The molecule has 0 aromatic heterocycles. The molecule has 2 heteroatoms. The highest BCUT2D eigenvalue weighted by Gasteiger charge is 1.88. The van der Waals surface area contributed by atoms with Gasteiger partial charge in [-0.3, -0.25) is 4.79 Å². The number of halogens is 1. The Balaban J connectivity index is 2.99. The average Bonchev–Trinajstić information content (AvgIpc) is 1.65. The molecule has 0 rings (SSSR count). The number of rotatable bonds is 2. The summed E-state index contributed by atoms with van der Waals surface area (Å²) >= 11 is 2.95. The zero-order valence-corrected chi connectivity index (χ0v) is 4.86. The molecule has 0 bridgehead atoms. The molecule has 2 radical (unpaired) electrons. The van der Waals surface area contributed by atoms with Crippen LogP contribution < -0.4 is 0 Å². The highest BCUT2D eigenvalue weighted by molar-refractivity contribution is 9.09. The quantitative estimate of drug-likeness (QED) is 0.536. The molecule has 0 saturated heterocycles. The molecule has 0 atom stereocenters. The molecule has 0 amide bonds. The third-order valence-electron chi connectivity index (χ3n) is 0.377. The summed E-state index contributed by atoms with van der Waals surface area (Å²) in [5.41, 5.74) is 0. The standard InChI is InChI=1S/C4H5BrO/c1-2-4(6)3-5/h1H,2-3H2. The van der Waals surface area contributed by atoms with Gasteiger partial charge in [0.15, 0.2) is 0 Å². The number of ketones is 1. The van der Waals surface area contributed by atoms with Gasteiger partial charge >= 0.3 is 0 Å². The van der Waals surface area contributed by atoms with Gasteiger partial charge in [0.1, 0.15) is 5.78 Å². The van der Waals surface area contributed by atoms with Gasteiger partial charge in [0.2, 0.25) is 0 Å². The van der Waals surface area contributed by atoms with Gasteiger partial charge in [0, 0.05) is 6.42 Å². The van der Waals surface area contributed by atoms with Crippen LogP contribution in [0.2, 0.25) is 0 Å². The number of Topliss-reactive ketones (excluding diaryl/α,β-unsaturated/α-hetero) is 1. The molecule has 0 aliphatic carbocycles. The zero-order valence-electron chi connectivity index (χ0n) is 3.28. The summed E-state index contributed by atoms with van der Waals surface area (Å²) in [5.74, 6) is 0.0370. The number of hydrogen-bond acceptors (Lipinski definition) is 1. The highest BCUT2D eigenvalue weighted by Crippen LogP contribution is 1.84. The van der Waals surface area contributed by atoms with E-state index in [-0.39, 0.29) is 12.2 Å². The molecular weight excluding hydrogens is 144 g/mol. The van der Waals surface area contributed by atoms with Crippen molar-refractivity contribution >= 4 is 21.7 Å². The maximum atomic E-state index is 10.0. The van der Waals surface area contributed by atoms with E-state index in [4.69, 9.17) is 6.92 Å². The van der Waals surface area contributed by atoms with Crippen molar-refractivity contribution in [1.29, 1.82) is 0 Å². The summed E-state index contributed by atoms with van der Waals surface area (Å²) < 4.78 is 0. The molecule has 0 aromatic carbocycles. The van der Waals surface area contributed by atoms with Crippen molar-refractivity contribution < 1.29 is 4.79 Å². The fourth-order valence-corrected chi connectivity index (χ4v) is 0.283. The maximum Gasteiger partial charge on any atom is 0.143 e.